The molecule has 0 aliphatic rings. The van der Waals surface area contributed by atoms with Crippen LogP contribution in [-0.2, 0) is 0 Å². The number of rotatable bonds is 0. The molecule has 0 N–H and O–H groups in total. The fourth-order valence-electron chi connectivity index (χ4n) is 0.905. The zero-order valence-electron chi connectivity index (χ0n) is 8.41. The van der Waals surface area contributed by atoms with Crippen molar-refractivity contribution in [3.05, 3.63) is 48.5 Å². The van der Waals surface area contributed by atoms with Gasteiger partial charge in [0.05, 0.1) is 0 Å². The van der Waals surface area contributed by atoms with Gasteiger partial charge in [-0.25, -0.2) is 0 Å². The molecule has 0 aromatic heterocycles. The molecule has 0 nitrogen and oxygen atoms in total. The van der Waals surface area contributed by atoms with E-state index in [4.69, 9.17) is 0 Å². The summed E-state index contributed by atoms with van der Waals surface area (Å²) in [5.74, 6) is 0. The third kappa shape index (κ3) is 5.80. The monoisotopic (exact) mass is 284 g/mol. The van der Waals surface area contributed by atoms with Gasteiger partial charge in [-0.3, -0.25) is 0 Å². The van der Waals surface area contributed by atoms with Crippen molar-refractivity contribution >= 4 is 50.5 Å². The third-order valence-electron chi connectivity index (χ3n) is 1.70. The van der Waals surface area contributed by atoms with Crippen molar-refractivity contribution in [3.63, 3.8) is 0 Å². The Bertz CT molecular complexity index is 334. The molecule has 84 valence electrons. The first kappa shape index (κ1) is 13.9. The first-order valence-electron chi connectivity index (χ1n) is 4.54. The molecule has 0 bridgehead atoms. The normalized spacial score (nSPS) is 9.25. The summed E-state index contributed by atoms with van der Waals surface area (Å²) in [5, 5.41) is 0. The Balaban J connectivity index is 0.000000160. The maximum Gasteiger partial charge on any atom is 0.00407 e. The van der Waals surface area contributed by atoms with Crippen molar-refractivity contribution in [2.75, 3.05) is 0 Å². The summed E-state index contributed by atoms with van der Waals surface area (Å²) in [5.41, 5.74) is 0. The van der Waals surface area contributed by atoms with Crippen molar-refractivity contribution in [2.45, 2.75) is 19.6 Å². The molecule has 0 saturated carbocycles. The van der Waals surface area contributed by atoms with E-state index in [1.54, 1.807) is 0 Å². The van der Waals surface area contributed by atoms with Gasteiger partial charge >= 0.3 is 0 Å². The predicted octanol–water partition coefficient (Wildman–Crippen LogP) is 4.53. The van der Waals surface area contributed by atoms with Gasteiger partial charge in [0.1, 0.15) is 0 Å². The lowest BCUT2D eigenvalue weighted by atomic mass is 10.4. The van der Waals surface area contributed by atoms with Crippen LogP contribution in [0.2, 0.25) is 0 Å². The lowest BCUT2D eigenvalue weighted by Crippen LogP contribution is -1.63. The van der Waals surface area contributed by atoms with E-state index in [-0.39, 0.29) is 0 Å². The Hall–Kier alpha value is -0.160. The third-order valence-corrected chi connectivity index (χ3v) is 2.89. The lowest BCUT2D eigenvalue weighted by Gasteiger charge is -1.88. The molecular weight excluding hydrogens is 272 g/mol. The Morgan fingerprint density at radius 1 is 0.375 bits per heavy atom. The van der Waals surface area contributed by atoms with E-state index in [1.807, 2.05) is 48.5 Å². The van der Waals surface area contributed by atoms with Gasteiger partial charge < -0.3 is 0 Å². The van der Waals surface area contributed by atoms with Crippen LogP contribution < -0.4 is 0 Å². The van der Waals surface area contributed by atoms with Gasteiger partial charge in [0.2, 0.25) is 0 Å². The van der Waals surface area contributed by atoms with Crippen LogP contribution in [0.3, 0.4) is 0 Å². The number of hydrogen-bond acceptors (Lipinski definition) is 4. The molecule has 16 heavy (non-hydrogen) atoms. The van der Waals surface area contributed by atoms with Crippen LogP contribution in [0.25, 0.3) is 0 Å². The Morgan fingerprint density at radius 2 is 0.500 bits per heavy atom. The van der Waals surface area contributed by atoms with Crippen LogP contribution in [0.5, 0.6) is 0 Å². The standard InChI is InChI=1S/2C6H6S2/c2*7-5-1-2-6(8)4-3-5/h2*1-4,7-8H. The van der Waals surface area contributed by atoms with Crippen molar-refractivity contribution in [1.82, 2.24) is 0 Å². The minimum atomic E-state index is 0.975. The summed E-state index contributed by atoms with van der Waals surface area (Å²) >= 11 is 16.4. The minimum Gasteiger partial charge on any atom is -0.143 e. The molecule has 0 atom stereocenters. The second kappa shape index (κ2) is 7.22. The van der Waals surface area contributed by atoms with Gasteiger partial charge in [-0.05, 0) is 48.5 Å². The van der Waals surface area contributed by atoms with Crippen LogP contribution in [0.15, 0.2) is 68.1 Å². The van der Waals surface area contributed by atoms with E-state index < -0.39 is 0 Å². The van der Waals surface area contributed by atoms with Gasteiger partial charge in [-0.2, -0.15) is 0 Å². The van der Waals surface area contributed by atoms with Gasteiger partial charge in [-0.15, -0.1) is 50.5 Å². The van der Waals surface area contributed by atoms with Gasteiger partial charge in [-0.1, -0.05) is 0 Å². The molecular formula is C12H12S4. The smallest absolute Gasteiger partial charge is 0.00407 e. The minimum absolute atomic E-state index is 0.975. The van der Waals surface area contributed by atoms with Crippen molar-refractivity contribution in [3.8, 4) is 0 Å². The fraction of sp³-hybridized carbons (Fsp3) is 0. The zero-order chi connectivity index (χ0) is 12.0. The molecule has 2 aromatic carbocycles. The highest BCUT2D eigenvalue weighted by molar-refractivity contribution is 7.81. The molecule has 2 aromatic rings. The topological polar surface area (TPSA) is 0 Å². The summed E-state index contributed by atoms with van der Waals surface area (Å²) in [7, 11) is 0. The van der Waals surface area contributed by atoms with Gasteiger partial charge in [0, 0.05) is 19.6 Å². The second-order valence-electron chi connectivity index (χ2n) is 3.03. The van der Waals surface area contributed by atoms with E-state index in [0.29, 0.717) is 0 Å². The molecule has 0 aliphatic heterocycles. The first-order valence-corrected chi connectivity index (χ1v) is 6.33. The number of benzene rings is 2. The highest BCUT2D eigenvalue weighted by atomic mass is 32.1. The maximum atomic E-state index is 4.10. The largest absolute Gasteiger partial charge is 0.143 e. The first-order chi connectivity index (χ1) is 7.58. The van der Waals surface area contributed by atoms with E-state index >= 15 is 0 Å². The van der Waals surface area contributed by atoms with Crippen molar-refractivity contribution in [2.24, 2.45) is 0 Å². The highest BCUT2D eigenvalue weighted by Gasteiger charge is 1.82. The zero-order valence-corrected chi connectivity index (χ0v) is 12.0. The molecule has 0 fully saturated rings. The maximum absolute atomic E-state index is 4.10. The van der Waals surface area contributed by atoms with E-state index in [9.17, 15) is 0 Å². The lowest BCUT2D eigenvalue weighted by molar-refractivity contribution is 1.37. The van der Waals surface area contributed by atoms with E-state index in [2.05, 4.69) is 50.5 Å². The van der Waals surface area contributed by atoms with E-state index in [0.717, 1.165) is 19.6 Å². The molecule has 4 heteroatoms. The molecule has 2 rings (SSSR count). The Kier molecular flexibility index (Phi) is 6.28. The molecule has 0 heterocycles. The fourth-order valence-corrected chi connectivity index (χ4v) is 1.50. The average Bonchev–Trinajstić information content (AvgIpc) is 2.28. The quantitative estimate of drug-likeness (QED) is 0.502. The van der Waals surface area contributed by atoms with E-state index in [1.165, 1.54) is 0 Å². The van der Waals surface area contributed by atoms with Crippen LogP contribution in [-0.4, -0.2) is 0 Å². The summed E-state index contributed by atoms with van der Waals surface area (Å²) < 4.78 is 0. The van der Waals surface area contributed by atoms with Gasteiger partial charge in [0.25, 0.3) is 0 Å². The summed E-state index contributed by atoms with van der Waals surface area (Å²) in [6, 6.07) is 15.3. The highest BCUT2D eigenvalue weighted by Crippen LogP contribution is 2.10. The molecule has 0 radical (unpaired) electrons. The second-order valence-corrected chi connectivity index (χ2v) is 5.10. The number of hydrogen-bond donors (Lipinski definition) is 4. The summed E-state index contributed by atoms with van der Waals surface area (Å²) in [6.07, 6.45) is 0. The van der Waals surface area contributed by atoms with Crippen molar-refractivity contribution in [1.29, 1.82) is 0 Å². The van der Waals surface area contributed by atoms with Crippen molar-refractivity contribution < 1.29 is 0 Å². The molecule has 0 saturated heterocycles. The Morgan fingerprint density at radius 3 is 0.625 bits per heavy atom. The van der Waals surface area contributed by atoms with Crippen LogP contribution in [0.4, 0.5) is 0 Å². The van der Waals surface area contributed by atoms with Crippen LogP contribution >= 0.6 is 50.5 Å². The van der Waals surface area contributed by atoms with Gasteiger partial charge in [0.15, 0.2) is 0 Å². The molecule has 0 spiro atoms. The predicted molar refractivity (Wildman–Crippen MR) is 81.9 cm³/mol. The number of thiol groups is 4. The molecule has 0 amide bonds. The Labute approximate surface area is 118 Å². The summed E-state index contributed by atoms with van der Waals surface area (Å²) in [4.78, 5) is 3.90. The molecule has 0 aliphatic carbocycles. The van der Waals surface area contributed by atoms with Crippen LogP contribution in [0.1, 0.15) is 0 Å². The molecule has 0 unspecified atom stereocenters. The average molecular weight is 284 g/mol. The summed E-state index contributed by atoms with van der Waals surface area (Å²) in [6.45, 7) is 0. The SMILES string of the molecule is Sc1ccc(S)cc1.Sc1ccc(S)cc1. The van der Waals surface area contributed by atoms with Crippen LogP contribution in [0, 0.1) is 0 Å².